The molecule has 0 saturated heterocycles. The summed E-state index contributed by atoms with van der Waals surface area (Å²) >= 11 is 0. The lowest BCUT2D eigenvalue weighted by molar-refractivity contribution is -0.105. The third-order valence-corrected chi connectivity index (χ3v) is 5.61. The molecule has 1 aliphatic carbocycles. The first-order valence-electron chi connectivity index (χ1n) is 10.9. The molecule has 7 nitrogen and oxygen atoms in total. The molecule has 0 heterocycles. The third-order valence-electron chi connectivity index (χ3n) is 5.61. The summed E-state index contributed by atoms with van der Waals surface area (Å²) in [5.74, 6) is -0.0391. The van der Waals surface area contributed by atoms with Crippen molar-refractivity contribution < 1.29 is 20.1 Å². The molecule has 3 rings (SSSR count). The summed E-state index contributed by atoms with van der Waals surface area (Å²) < 4.78 is 0. The number of phenols is 1. The van der Waals surface area contributed by atoms with Crippen LogP contribution in [0.1, 0.15) is 49.0 Å². The van der Waals surface area contributed by atoms with Crippen molar-refractivity contribution in [2.75, 3.05) is 25.0 Å². The number of carbonyl (C=O) groups is 1. The average Bonchev–Trinajstić information content (AvgIpc) is 2.83. The van der Waals surface area contributed by atoms with Crippen LogP contribution in [0.2, 0.25) is 0 Å². The Labute approximate surface area is 188 Å². The van der Waals surface area contributed by atoms with E-state index in [-0.39, 0.29) is 11.4 Å². The van der Waals surface area contributed by atoms with Crippen LogP contribution in [-0.4, -0.2) is 47.1 Å². The summed E-state index contributed by atoms with van der Waals surface area (Å²) in [6.07, 6.45) is 5.00. The lowest BCUT2D eigenvalue weighted by Crippen LogP contribution is -2.23. The second kappa shape index (κ2) is 12.1. The van der Waals surface area contributed by atoms with Gasteiger partial charge in [0.05, 0.1) is 24.4 Å². The largest absolute Gasteiger partial charge is 0.506 e. The molecule has 7 heteroatoms. The second-order valence-corrected chi connectivity index (χ2v) is 7.91. The Kier molecular flexibility index (Phi) is 8.98. The van der Waals surface area contributed by atoms with Crippen molar-refractivity contribution in [3.8, 4) is 5.75 Å². The van der Waals surface area contributed by atoms with Crippen molar-refractivity contribution in [3.05, 3.63) is 71.3 Å². The maximum atomic E-state index is 10.6. The van der Waals surface area contributed by atoms with E-state index in [2.05, 4.69) is 21.7 Å². The number of aliphatic imine (C=N–C) groups is 1. The Morgan fingerprint density at radius 1 is 1.03 bits per heavy atom. The van der Waals surface area contributed by atoms with Crippen LogP contribution in [-0.2, 0) is 4.79 Å². The van der Waals surface area contributed by atoms with E-state index in [0.29, 0.717) is 25.1 Å². The molecule has 170 valence electrons. The summed E-state index contributed by atoms with van der Waals surface area (Å²) in [5.41, 5.74) is 4.28. The van der Waals surface area contributed by atoms with Gasteiger partial charge in [-0.2, -0.15) is 0 Å². The van der Waals surface area contributed by atoms with Gasteiger partial charge in [0.1, 0.15) is 5.75 Å². The first kappa shape index (κ1) is 23.7. The van der Waals surface area contributed by atoms with Crippen molar-refractivity contribution in [1.29, 1.82) is 0 Å². The van der Waals surface area contributed by atoms with Gasteiger partial charge < -0.3 is 26.0 Å². The number of allylic oxidation sites excluding steroid dienone is 1. The normalized spacial score (nSPS) is 16.9. The van der Waals surface area contributed by atoms with E-state index in [1.54, 1.807) is 12.1 Å². The summed E-state index contributed by atoms with van der Waals surface area (Å²) in [4.78, 5) is 15.2. The van der Waals surface area contributed by atoms with Crippen LogP contribution < -0.4 is 10.6 Å². The van der Waals surface area contributed by atoms with Crippen molar-refractivity contribution in [1.82, 2.24) is 5.32 Å². The minimum absolute atomic E-state index is 0.0391. The van der Waals surface area contributed by atoms with Gasteiger partial charge in [-0.25, -0.2) is 0 Å². The molecule has 0 saturated carbocycles. The molecule has 2 atom stereocenters. The Morgan fingerprint density at radius 2 is 1.84 bits per heavy atom. The van der Waals surface area contributed by atoms with Crippen LogP contribution in [0.4, 0.5) is 5.69 Å². The molecule has 0 radical (unpaired) electrons. The average molecular weight is 438 g/mol. The minimum atomic E-state index is -0.738. The fraction of sp³-hybridized carbons (Fsp3) is 0.360. The maximum Gasteiger partial charge on any atom is 0.211 e. The number of amides is 1. The number of phenolic OH excluding ortho intramolecular Hbond substituents is 1. The van der Waals surface area contributed by atoms with Crippen molar-refractivity contribution >= 4 is 17.8 Å². The van der Waals surface area contributed by atoms with Crippen LogP contribution >= 0.6 is 0 Å². The Bertz CT molecular complexity index is 943. The number of anilines is 1. The topological polar surface area (TPSA) is 114 Å². The monoisotopic (exact) mass is 437 g/mol. The molecule has 32 heavy (non-hydrogen) atoms. The smallest absolute Gasteiger partial charge is 0.211 e. The predicted molar refractivity (Wildman–Crippen MR) is 126 cm³/mol. The Balaban J connectivity index is 1.38. The number of benzene rings is 2. The molecule has 1 aliphatic rings. The second-order valence-electron chi connectivity index (χ2n) is 7.91. The molecule has 0 bridgehead atoms. The van der Waals surface area contributed by atoms with Gasteiger partial charge >= 0.3 is 0 Å². The third kappa shape index (κ3) is 7.02. The van der Waals surface area contributed by atoms with Crippen LogP contribution in [0.5, 0.6) is 5.75 Å². The minimum Gasteiger partial charge on any atom is -0.506 e. The molecule has 0 aliphatic heterocycles. The quantitative estimate of drug-likeness (QED) is 0.160. The first-order valence-corrected chi connectivity index (χ1v) is 10.9. The summed E-state index contributed by atoms with van der Waals surface area (Å²) in [5, 5.41) is 36.0. The molecule has 5 N–H and O–H groups in total. The van der Waals surface area contributed by atoms with Crippen LogP contribution in [0.25, 0.3) is 0 Å². The van der Waals surface area contributed by atoms with Gasteiger partial charge in [0, 0.05) is 18.7 Å². The lowest BCUT2D eigenvalue weighted by atomic mass is 9.95. The predicted octanol–water partition coefficient (Wildman–Crippen LogP) is 3.26. The van der Waals surface area contributed by atoms with E-state index in [1.165, 1.54) is 11.6 Å². The highest BCUT2D eigenvalue weighted by molar-refractivity contribution is 5.87. The van der Waals surface area contributed by atoms with Gasteiger partial charge in [-0.3, -0.25) is 9.79 Å². The van der Waals surface area contributed by atoms with Crippen molar-refractivity contribution in [2.24, 2.45) is 4.99 Å². The molecular weight excluding hydrogens is 406 g/mol. The number of carbonyl (C=O) groups excluding carboxylic acids is 1. The number of nitrogens with one attached hydrogen (secondary N) is 2. The highest BCUT2D eigenvalue weighted by Crippen LogP contribution is 2.26. The van der Waals surface area contributed by atoms with E-state index in [1.807, 2.05) is 30.3 Å². The molecule has 0 fully saturated rings. The summed E-state index contributed by atoms with van der Waals surface area (Å²) in [6, 6.07) is 14.2. The van der Waals surface area contributed by atoms with E-state index in [9.17, 15) is 20.1 Å². The van der Waals surface area contributed by atoms with Crippen LogP contribution in [0.15, 0.2) is 65.2 Å². The Morgan fingerprint density at radius 3 is 2.56 bits per heavy atom. The first-order chi connectivity index (χ1) is 15.6. The fourth-order valence-corrected chi connectivity index (χ4v) is 3.68. The molecule has 0 aromatic heterocycles. The highest BCUT2D eigenvalue weighted by Gasteiger charge is 2.13. The van der Waals surface area contributed by atoms with E-state index in [0.717, 1.165) is 43.5 Å². The maximum absolute atomic E-state index is 10.6. The zero-order valence-corrected chi connectivity index (χ0v) is 18.1. The lowest BCUT2D eigenvalue weighted by Gasteiger charge is -2.17. The highest BCUT2D eigenvalue weighted by atomic mass is 16.3. The molecule has 2 unspecified atom stereocenters. The number of aromatic hydroxyl groups is 1. The zero-order valence-electron chi connectivity index (χ0n) is 18.1. The van der Waals surface area contributed by atoms with Crippen molar-refractivity contribution in [3.63, 3.8) is 0 Å². The van der Waals surface area contributed by atoms with Crippen LogP contribution in [0, 0.1) is 0 Å². The fourth-order valence-electron chi connectivity index (χ4n) is 3.68. The SMILES string of the molecule is O=CNc1cc(C(O)CNCCC2=CCC(=NCC(O)c3ccccc3)CC2)ccc1O. The number of aliphatic hydroxyl groups is 2. The van der Waals surface area contributed by atoms with Gasteiger partial charge in [-0.1, -0.05) is 48.0 Å². The number of nitrogens with zero attached hydrogens (tertiary/aromatic N) is 1. The van der Waals surface area contributed by atoms with Gasteiger partial charge in [-0.15, -0.1) is 0 Å². The molecule has 0 spiro atoms. The van der Waals surface area contributed by atoms with E-state index < -0.39 is 12.2 Å². The van der Waals surface area contributed by atoms with Gasteiger partial charge in [0.2, 0.25) is 6.41 Å². The van der Waals surface area contributed by atoms with Crippen molar-refractivity contribution in [2.45, 2.75) is 37.9 Å². The molecule has 2 aromatic rings. The molecule has 2 aromatic carbocycles. The van der Waals surface area contributed by atoms with Gasteiger partial charge in [0.25, 0.3) is 0 Å². The van der Waals surface area contributed by atoms with Crippen LogP contribution in [0.3, 0.4) is 0 Å². The van der Waals surface area contributed by atoms with E-state index in [4.69, 9.17) is 0 Å². The standard InChI is InChI=1S/C25H31N3O4/c29-17-28-22-14-20(8-11-23(22)30)24(31)15-26-13-12-18-6-9-21(10-7-18)27-16-25(32)19-4-2-1-3-5-19/h1-6,8,11,14,17,24-26,30-32H,7,9-10,12-13,15-16H2,(H,28,29). The van der Waals surface area contributed by atoms with E-state index >= 15 is 0 Å². The van der Waals surface area contributed by atoms with Gasteiger partial charge in [0.15, 0.2) is 0 Å². The number of hydrogen-bond acceptors (Lipinski definition) is 6. The summed E-state index contributed by atoms with van der Waals surface area (Å²) in [6.45, 7) is 1.52. The molecular formula is C25H31N3O4. The molecule has 1 amide bonds. The zero-order chi connectivity index (χ0) is 22.8. The van der Waals surface area contributed by atoms with Gasteiger partial charge in [-0.05, 0) is 49.1 Å². The Hall–Kier alpha value is -3.00. The number of rotatable bonds is 11. The number of hydrogen-bond donors (Lipinski definition) is 5. The number of aliphatic hydroxyl groups excluding tert-OH is 2. The summed E-state index contributed by atoms with van der Waals surface area (Å²) in [7, 11) is 0.